The van der Waals surface area contributed by atoms with Crippen LogP contribution in [0.4, 0.5) is 0 Å². The zero-order valence-corrected chi connectivity index (χ0v) is 12.3. The second-order valence-electron chi connectivity index (χ2n) is 5.10. The summed E-state index contributed by atoms with van der Waals surface area (Å²) in [6.45, 7) is 0. The van der Waals surface area contributed by atoms with E-state index in [9.17, 15) is 19.2 Å². The van der Waals surface area contributed by atoms with E-state index in [-0.39, 0.29) is 32.7 Å². The summed E-state index contributed by atoms with van der Waals surface area (Å²) in [5.74, 6) is 8.72. The Morgan fingerprint density at radius 2 is 1.46 bits per heavy atom. The first-order chi connectivity index (χ1) is 11.5. The van der Waals surface area contributed by atoms with Gasteiger partial charge in [-0.1, -0.05) is 18.2 Å². The average Bonchev–Trinajstić information content (AvgIpc) is 2.63. The van der Waals surface area contributed by atoms with E-state index in [4.69, 9.17) is 11.7 Å². The third kappa shape index (κ3) is 2.18. The lowest BCUT2D eigenvalue weighted by atomic mass is 9.95. The van der Waals surface area contributed by atoms with Crippen LogP contribution >= 0.6 is 0 Å². The lowest BCUT2D eigenvalue weighted by Crippen LogP contribution is -2.34. The van der Waals surface area contributed by atoms with Crippen LogP contribution in [0.5, 0.6) is 0 Å². The number of amides is 2. The van der Waals surface area contributed by atoms with Crippen LogP contribution in [0.25, 0.3) is 21.5 Å². The van der Waals surface area contributed by atoms with E-state index in [1.807, 2.05) is 10.9 Å². The van der Waals surface area contributed by atoms with Crippen molar-refractivity contribution in [2.45, 2.75) is 0 Å². The van der Waals surface area contributed by atoms with Crippen LogP contribution in [-0.2, 0) is 0 Å². The van der Waals surface area contributed by atoms with E-state index in [1.54, 1.807) is 6.07 Å². The molecule has 0 aliphatic heterocycles. The predicted molar refractivity (Wildman–Crippen MR) is 88.5 cm³/mol. The summed E-state index contributed by atoms with van der Waals surface area (Å²) in [5, 5.41) is 0.193. The Morgan fingerprint density at radius 3 is 2.08 bits per heavy atom. The molecule has 0 unspecified atom stereocenters. The Morgan fingerprint density at radius 1 is 0.833 bits per heavy atom. The number of fused-ring (bicyclic) bond motifs is 4. The number of carbonyl (C=O) groups excluding carboxylic acids is 2. The molecule has 0 radical (unpaired) electrons. The first kappa shape index (κ1) is 15.5. The molecule has 8 heteroatoms. The Bertz CT molecular complexity index is 1110. The number of benzene rings is 2. The van der Waals surface area contributed by atoms with Gasteiger partial charge in [-0.2, -0.15) is 0 Å². The first-order valence-corrected chi connectivity index (χ1v) is 6.88. The SMILES string of the molecule is NNC(=O)c1ccc2c(C(=O)NN)c1c(=O)c1cccc(c1)c2=O. The highest BCUT2D eigenvalue weighted by Gasteiger charge is 2.22. The molecule has 8 nitrogen and oxygen atoms in total. The summed E-state index contributed by atoms with van der Waals surface area (Å²) in [4.78, 5) is 49.8. The number of hydrogen-bond donors (Lipinski definition) is 4. The summed E-state index contributed by atoms with van der Waals surface area (Å²) in [5.41, 5.74) is 2.42. The molecule has 0 spiro atoms. The topological polar surface area (TPSA) is 144 Å². The van der Waals surface area contributed by atoms with Gasteiger partial charge in [-0.3, -0.25) is 30.0 Å². The summed E-state index contributed by atoms with van der Waals surface area (Å²) >= 11 is 0. The van der Waals surface area contributed by atoms with Crippen molar-refractivity contribution in [1.82, 2.24) is 10.9 Å². The van der Waals surface area contributed by atoms with Gasteiger partial charge in [0.25, 0.3) is 11.8 Å². The van der Waals surface area contributed by atoms with Gasteiger partial charge in [0.15, 0.2) is 10.9 Å². The largest absolute Gasteiger partial charge is 0.290 e. The number of carbonyl (C=O) groups is 2. The normalized spacial score (nSPS) is 10.8. The fourth-order valence-corrected chi connectivity index (χ4v) is 2.70. The van der Waals surface area contributed by atoms with Crippen LogP contribution in [0.15, 0.2) is 46.0 Å². The number of nitrogens with one attached hydrogen (secondary N) is 2. The molecule has 3 aromatic carbocycles. The Hall–Kier alpha value is -3.36. The highest BCUT2D eigenvalue weighted by Crippen LogP contribution is 2.19. The van der Waals surface area contributed by atoms with E-state index >= 15 is 0 Å². The minimum absolute atomic E-state index is 0.0216. The zero-order valence-electron chi connectivity index (χ0n) is 12.3. The Labute approximate surface area is 134 Å². The fraction of sp³-hybridized carbons (Fsp3) is 0. The molecule has 0 aromatic heterocycles. The molecular formula is C16H12N4O4. The van der Waals surface area contributed by atoms with Gasteiger partial charge in [0.1, 0.15) is 0 Å². The van der Waals surface area contributed by atoms with E-state index in [0.29, 0.717) is 0 Å². The standard InChI is InChI=1S/C16H12N4O4/c17-19-15(23)10-5-4-9-12(16(24)20-18)11(10)14(22)8-3-1-2-7(6-8)13(9)21/h1-6H,17-18H2,(H,19,23)(H,20,24). The minimum atomic E-state index is -0.849. The summed E-state index contributed by atoms with van der Waals surface area (Å²) in [7, 11) is 0. The highest BCUT2D eigenvalue weighted by atomic mass is 16.2. The second kappa shape index (κ2) is 5.69. The quantitative estimate of drug-likeness (QED) is 0.280. The number of nitrogen functional groups attached to an aromatic ring is 2. The predicted octanol–water partition coefficient (Wildman–Crippen LogP) is -0.642. The first-order valence-electron chi connectivity index (χ1n) is 6.88. The summed E-state index contributed by atoms with van der Waals surface area (Å²) < 4.78 is 0. The van der Waals surface area contributed by atoms with Crippen molar-refractivity contribution in [3.8, 4) is 0 Å². The van der Waals surface area contributed by atoms with Crippen LogP contribution < -0.4 is 33.4 Å². The van der Waals surface area contributed by atoms with Crippen molar-refractivity contribution in [2.24, 2.45) is 11.7 Å². The molecule has 3 rings (SSSR count). The maximum Gasteiger partial charge on any atom is 0.266 e. The zero-order chi connectivity index (χ0) is 17.4. The molecule has 2 amide bonds. The molecule has 0 heterocycles. The van der Waals surface area contributed by atoms with Gasteiger partial charge in [-0.05, 0) is 18.2 Å². The van der Waals surface area contributed by atoms with Gasteiger partial charge in [0.2, 0.25) is 0 Å². The van der Waals surface area contributed by atoms with Gasteiger partial charge in [0, 0.05) is 21.5 Å². The van der Waals surface area contributed by atoms with E-state index in [2.05, 4.69) is 0 Å². The van der Waals surface area contributed by atoms with Crippen molar-refractivity contribution in [3.63, 3.8) is 0 Å². The van der Waals surface area contributed by atoms with Crippen LogP contribution in [0.2, 0.25) is 0 Å². The Kier molecular flexibility index (Phi) is 3.68. The molecule has 0 atom stereocenters. The lowest BCUT2D eigenvalue weighted by Gasteiger charge is -2.09. The molecule has 120 valence electrons. The molecule has 0 saturated carbocycles. The lowest BCUT2D eigenvalue weighted by molar-refractivity contribution is 0.0953. The molecular weight excluding hydrogens is 312 g/mol. The van der Waals surface area contributed by atoms with E-state index < -0.39 is 22.7 Å². The molecule has 24 heavy (non-hydrogen) atoms. The average molecular weight is 324 g/mol. The second-order valence-corrected chi connectivity index (χ2v) is 5.10. The van der Waals surface area contributed by atoms with Gasteiger partial charge >= 0.3 is 0 Å². The third-order valence-electron chi connectivity index (χ3n) is 3.80. The van der Waals surface area contributed by atoms with Crippen LogP contribution in [0.1, 0.15) is 20.7 Å². The van der Waals surface area contributed by atoms with Gasteiger partial charge < -0.3 is 0 Å². The number of rotatable bonds is 2. The molecule has 0 aliphatic rings. The fourth-order valence-electron chi connectivity index (χ4n) is 2.70. The van der Waals surface area contributed by atoms with E-state index in [1.165, 1.54) is 30.3 Å². The van der Waals surface area contributed by atoms with Crippen molar-refractivity contribution in [1.29, 1.82) is 0 Å². The van der Waals surface area contributed by atoms with Gasteiger partial charge in [0.05, 0.1) is 11.1 Å². The molecule has 0 fully saturated rings. The Balaban J connectivity index is 2.73. The summed E-state index contributed by atoms with van der Waals surface area (Å²) in [6.07, 6.45) is 0. The van der Waals surface area contributed by atoms with Crippen molar-refractivity contribution in [3.05, 3.63) is 68.0 Å². The number of hydrazine groups is 2. The molecule has 4 bridgehead atoms. The maximum absolute atomic E-state index is 12.9. The highest BCUT2D eigenvalue weighted by molar-refractivity contribution is 6.15. The maximum atomic E-state index is 12.9. The number of nitrogens with two attached hydrogens (primary N) is 2. The van der Waals surface area contributed by atoms with Crippen molar-refractivity contribution < 1.29 is 9.59 Å². The smallest absolute Gasteiger partial charge is 0.266 e. The molecule has 6 N–H and O–H groups in total. The van der Waals surface area contributed by atoms with Crippen LogP contribution in [0.3, 0.4) is 0 Å². The summed E-state index contributed by atoms with van der Waals surface area (Å²) in [6, 6.07) is 8.57. The molecule has 3 aromatic rings. The minimum Gasteiger partial charge on any atom is -0.290 e. The van der Waals surface area contributed by atoms with Gasteiger partial charge in [-0.25, -0.2) is 11.7 Å². The van der Waals surface area contributed by atoms with Crippen molar-refractivity contribution >= 4 is 33.4 Å². The van der Waals surface area contributed by atoms with Crippen molar-refractivity contribution in [2.75, 3.05) is 0 Å². The number of hydrogen-bond acceptors (Lipinski definition) is 6. The molecule has 0 aliphatic carbocycles. The molecule has 0 saturated heterocycles. The van der Waals surface area contributed by atoms with Crippen LogP contribution in [0, 0.1) is 0 Å². The third-order valence-corrected chi connectivity index (χ3v) is 3.80. The monoisotopic (exact) mass is 324 g/mol. The van der Waals surface area contributed by atoms with Gasteiger partial charge in [-0.15, -0.1) is 0 Å². The van der Waals surface area contributed by atoms with E-state index in [0.717, 1.165) is 0 Å². The van der Waals surface area contributed by atoms with Crippen LogP contribution in [-0.4, -0.2) is 11.8 Å².